The molecule has 1 N–H and O–H groups in total. The van der Waals surface area contributed by atoms with Gasteiger partial charge in [-0.25, -0.2) is 0 Å². The molecule has 130 valence electrons. The molecule has 1 heterocycles. The summed E-state index contributed by atoms with van der Waals surface area (Å²) in [5.74, 6) is -0.0459. The van der Waals surface area contributed by atoms with E-state index in [1.54, 1.807) is 0 Å². The van der Waals surface area contributed by atoms with Gasteiger partial charge >= 0.3 is 0 Å². The van der Waals surface area contributed by atoms with E-state index in [1.807, 2.05) is 29.2 Å². The molecule has 2 aromatic rings. The second-order valence-corrected chi connectivity index (χ2v) is 7.28. The molecule has 1 aliphatic heterocycles. The molecule has 4 nitrogen and oxygen atoms in total. The minimum atomic E-state index is -0.139. The van der Waals surface area contributed by atoms with E-state index in [-0.39, 0.29) is 11.8 Å². The van der Waals surface area contributed by atoms with Gasteiger partial charge in [-0.1, -0.05) is 40.2 Å². The standard InChI is InChI=1S/C20H21BrN2O2/c1-13-5-3-4-6-15(13)7-8-19(25)23-10-9-16-11-17(21)12-18(20(16)23)22-14(2)24/h3-6,11-12H,7-10H2,1-2H3,(H,22,24). The van der Waals surface area contributed by atoms with Gasteiger partial charge in [-0.15, -0.1) is 0 Å². The van der Waals surface area contributed by atoms with Gasteiger partial charge in [0.05, 0.1) is 11.4 Å². The monoisotopic (exact) mass is 400 g/mol. The first-order chi connectivity index (χ1) is 12.0. The quantitative estimate of drug-likeness (QED) is 0.833. The summed E-state index contributed by atoms with van der Waals surface area (Å²) in [6.45, 7) is 4.20. The topological polar surface area (TPSA) is 49.4 Å². The van der Waals surface area contributed by atoms with Crippen molar-refractivity contribution in [1.29, 1.82) is 0 Å². The van der Waals surface area contributed by atoms with E-state index in [0.29, 0.717) is 18.7 Å². The molecule has 1 aliphatic rings. The Morgan fingerprint density at radius 2 is 2.00 bits per heavy atom. The number of amides is 2. The number of nitrogens with zero attached hydrogens (tertiary/aromatic N) is 1. The largest absolute Gasteiger partial charge is 0.324 e. The lowest BCUT2D eigenvalue weighted by Crippen LogP contribution is -2.30. The van der Waals surface area contributed by atoms with Crippen LogP contribution in [0, 0.1) is 6.92 Å². The summed E-state index contributed by atoms with van der Waals surface area (Å²) in [5.41, 5.74) is 5.03. The van der Waals surface area contributed by atoms with Gasteiger partial charge in [0.2, 0.25) is 11.8 Å². The van der Waals surface area contributed by atoms with Gasteiger partial charge in [0.25, 0.3) is 0 Å². The van der Waals surface area contributed by atoms with Crippen LogP contribution in [0.15, 0.2) is 40.9 Å². The summed E-state index contributed by atoms with van der Waals surface area (Å²) in [6, 6.07) is 12.0. The van der Waals surface area contributed by atoms with E-state index in [4.69, 9.17) is 0 Å². The summed E-state index contributed by atoms with van der Waals surface area (Å²) in [4.78, 5) is 26.1. The number of fused-ring (bicyclic) bond motifs is 1. The van der Waals surface area contributed by atoms with Crippen molar-refractivity contribution in [1.82, 2.24) is 0 Å². The van der Waals surface area contributed by atoms with Gasteiger partial charge in [-0.2, -0.15) is 0 Å². The van der Waals surface area contributed by atoms with Crippen LogP contribution in [0.2, 0.25) is 0 Å². The van der Waals surface area contributed by atoms with Crippen molar-refractivity contribution in [2.45, 2.75) is 33.1 Å². The number of aryl methyl sites for hydroxylation is 2. The van der Waals surface area contributed by atoms with Gasteiger partial charge in [-0.05, 0) is 48.6 Å². The van der Waals surface area contributed by atoms with E-state index in [2.05, 4.69) is 40.3 Å². The number of carbonyl (C=O) groups is 2. The van der Waals surface area contributed by atoms with E-state index < -0.39 is 0 Å². The molecule has 0 radical (unpaired) electrons. The van der Waals surface area contributed by atoms with Crippen LogP contribution in [0.25, 0.3) is 0 Å². The highest BCUT2D eigenvalue weighted by atomic mass is 79.9. The molecular formula is C20H21BrN2O2. The number of rotatable bonds is 4. The van der Waals surface area contributed by atoms with Crippen LogP contribution in [0.5, 0.6) is 0 Å². The third-order valence-electron chi connectivity index (χ3n) is 4.51. The highest BCUT2D eigenvalue weighted by Gasteiger charge is 2.28. The van der Waals surface area contributed by atoms with Crippen LogP contribution in [-0.4, -0.2) is 18.4 Å². The molecule has 0 saturated carbocycles. The van der Waals surface area contributed by atoms with Gasteiger partial charge < -0.3 is 10.2 Å². The Hall–Kier alpha value is -2.14. The Morgan fingerprint density at radius 1 is 1.24 bits per heavy atom. The summed E-state index contributed by atoms with van der Waals surface area (Å²) in [5, 5.41) is 2.85. The van der Waals surface area contributed by atoms with Crippen molar-refractivity contribution in [2.75, 3.05) is 16.8 Å². The van der Waals surface area contributed by atoms with Gasteiger partial charge in [0.1, 0.15) is 0 Å². The van der Waals surface area contributed by atoms with E-state index in [0.717, 1.165) is 28.6 Å². The number of halogens is 1. The van der Waals surface area contributed by atoms with E-state index in [1.165, 1.54) is 18.1 Å². The van der Waals surface area contributed by atoms with E-state index >= 15 is 0 Å². The van der Waals surface area contributed by atoms with Crippen molar-refractivity contribution in [3.05, 3.63) is 57.6 Å². The fourth-order valence-electron chi connectivity index (χ4n) is 3.31. The number of hydrogen-bond acceptors (Lipinski definition) is 2. The second-order valence-electron chi connectivity index (χ2n) is 6.36. The molecular weight excluding hydrogens is 380 g/mol. The van der Waals surface area contributed by atoms with Crippen molar-refractivity contribution in [3.8, 4) is 0 Å². The molecule has 0 fully saturated rings. The number of benzene rings is 2. The predicted molar refractivity (Wildman–Crippen MR) is 104 cm³/mol. The molecule has 5 heteroatoms. The predicted octanol–water partition coefficient (Wildman–Crippen LogP) is 4.24. The van der Waals surface area contributed by atoms with Crippen molar-refractivity contribution >= 4 is 39.1 Å². The molecule has 0 unspecified atom stereocenters. The van der Waals surface area contributed by atoms with Crippen LogP contribution in [0.1, 0.15) is 30.0 Å². The third kappa shape index (κ3) is 3.93. The lowest BCUT2D eigenvalue weighted by Gasteiger charge is -2.21. The van der Waals surface area contributed by atoms with Crippen molar-refractivity contribution in [3.63, 3.8) is 0 Å². The maximum absolute atomic E-state index is 12.8. The minimum absolute atomic E-state index is 0.0935. The summed E-state index contributed by atoms with van der Waals surface area (Å²) in [7, 11) is 0. The lowest BCUT2D eigenvalue weighted by atomic mass is 10.0. The van der Waals surface area contributed by atoms with Gasteiger partial charge in [0, 0.05) is 24.4 Å². The van der Waals surface area contributed by atoms with Gasteiger partial charge in [-0.3, -0.25) is 9.59 Å². The normalized spacial score (nSPS) is 12.8. The van der Waals surface area contributed by atoms with Crippen LogP contribution in [0.4, 0.5) is 11.4 Å². The average molecular weight is 401 g/mol. The molecule has 2 amide bonds. The Labute approximate surface area is 156 Å². The van der Waals surface area contributed by atoms with Crippen LogP contribution in [0.3, 0.4) is 0 Å². The molecule has 2 aromatic carbocycles. The highest BCUT2D eigenvalue weighted by molar-refractivity contribution is 9.10. The molecule has 0 aromatic heterocycles. The Morgan fingerprint density at radius 3 is 2.72 bits per heavy atom. The molecule has 0 bridgehead atoms. The number of anilines is 2. The third-order valence-corrected chi connectivity index (χ3v) is 4.97. The average Bonchev–Trinajstić information content (AvgIpc) is 2.97. The Balaban J connectivity index is 1.80. The maximum atomic E-state index is 12.8. The van der Waals surface area contributed by atoms with E-state index in [9.17, 15) is 9.59 Å². The first-order valence-corrected chi connectivity index (χ1v) is 9.20. The smallest absolute Gasteiger partial charge is 0.227 e. The molecule has 0 saturated heterocycles. The molecule has 0 spiro atoms. The summed E-state index contributed by atoms with van der Waals surface area (Å²) in [6.07, 6.45) is 1.99. The van der Waals surface area contributed by atoms with Crippen molar-refractivity contribution in [2.24, 2.45) is 0 Å². The summed E-state index contributed by atoms with van der Waals surface area (Å²) >= 11 is 3.48. The van der Waals surface area contributed by atoms with Crippen LogP contribution >= 0.6 is 15.9 Å². The fourth-order valence-corrected chi connectivity index (χ4v) is 3.82. The van der Waals surface area contributed by atoms with Gasteiger partial charge in [0.15, 0.2) is 0 Å². The van der Waals surface area contributed by atoms with Crippen LogP contribution < -0.4 is 10.2 Å². The zero-order valence-corrected chi connectivity index (χ0v) is 16.0. The molecule has 0 aliphatic carbocycles. The lowest BCUT2D eigenvalue weighted by molar-refractivity contribution is -0.118. The number of nitrogens with one attached hydrogen (secondary N) is 1. The maximum Gasteiger partial charge on any atom is 0.227 e. The minimum Gasteiger partial charge on any atom is -0.324 e. The fraction of sp³-hybridized carbons (Fsp3) is 0.300. The zero-order chi connectivity index (χ0) is 18.0. The molecule has 3 rings (SSSR count). The van der Waals surface area contributed by atoms with Crippen LogP contribution in [-0.2, 0) is 22.4 Å². The SMILES string of the molecule is CC(=O)Nc1cc(Br)cc2c1N(C(=O)CCc1ccccc1C)CC2. The highest BCUT2D eigenvalue weighted by Crippen LogP contribution is 2.38. The second kappa shape index (κ2) is 7.40. The van der Waals surface area contributed by atoms with Crippen molar-refractivity contribution < 1.29 is 9.59 Å². The number of hydrogen-bond donors (Lipinski definition) is 1. The number of carbonyl (C=O) groups excluding carboxylic acids is 2. The molecule has 25 heavy (non-hydrogen) atoms. The Kier molecular flexibility index (Phi) is 5.23. The first kappa shape index (κ1) is 17.7. The molecule has 0 atom stereocenters. The first-order valence-electron chi connectivity index (χ1n) is 8.40. The Bertz CT molecular complexity index is 832. The zero-order valence-electron chi connectivity index (χ0n) is 14.4. The summed E-state index contributed by atoms with van der Waals surface area (Å²) < 4.78 is 0.907.